The quantitative estimate of drug-likeness (QED) is 0.365. The Morgan fingerprint density at radius 2 is 1.90 bits per heavy atom. The van der Waals surface area contributed by atoms with E-state index in [2.05, 4.69) is 20.0 Å². The predicted octanol–water partition coefficient (Wildman–Crippen LogP) is 1.35. The highest BCUT2D eigenvalue weighted by Gasteiger charge is 2.27. The Morgan fingerprint density at radius 3 is 2.52 bits per heavy atom. The summed E-state index contributed by atoms with van der Waals surface area (Å²) >= 11 is 0. The molecule has 0 saturated carbocycles. The lowest BCUT2D eigenvalue weighted by Crippen LogP contribution is -2.27. The van der Waals surface area contributed by atoms with Gasteiger partial charge in [0.25, 0.3) is 0 Å². The number of alkyl halides is 3. The zero-order valence-corrected chi connectivity index (χ0v) is 16.8. The molecule has 0 amide bonds. The Morgan fingerprint density at radius 1 is 1.19 bits per heavy atom. The highest BCUT2D eigenvalue weighted by Crippen LogP contribution is 2.21. The molecule has 0 aliphatic heterocycles. The summed E-state index contributed by atoms with van der Waals surface area (Å²) < 4.78 is 69.0. The van der Waals surface area contributed by atoms with Gasteiger partial charge in [-0.3, -0.25) is 0 Å². The predicted molar refractivity (Wildman–Crippen MR) is 104 cm³/mol. The minimum absolute atomic E-state index is 0.0199. The molecule has 1 aromatic heterocycles. The van der Waals surface area contributed by atoms with Gasteiger partial charge in [-0.2, -0.15) is 23.4 Å². The maximum absolute atomic E-state index is 12.4. The average Bonchev–Trinajstić information content (AvgIpc) is 2.72. The van der Waals surface area contributed by atoms with Gasteiger partial charge in [0, 0.05) is 12.2 Å². The summed E-state index contributed by atoms with van der Waals surface area (Å²) in [5.41, 5.74) is 0.210. The van der Waals surface area contributed by atoms with Crippen LogP contribution in [-0.2, 0) is 14.8 Å². The second-order valence-electron chi connectivity index (χ2n) is 5.92. The van der Waals surface area contributed by atoms with Crippen LogP contribution in [0.5, 0.6) is 0 Å². The number of anilines is 3. The van der Waals surface area contributed by atoms with Gasteiger partial charge in [0.15, 0.2) is 0 Å². The van der Waals surface area contributed by atoms with Gasteiger partial charge in [0.1, 0.15) is 24.0 Å². The van der Waals surface area contributed by atoms with Crippen LogP contribution in [-0.4, -0.2) is 62.6 Å². The number of ether oxygens (including phenoxy) is 1. The molecule has 0 aliphatic carbocycles. The van der Waals surface area contributed by atoms with Gasteiger partial charge in [0.05, 0.1) is 30.9 Å². The van der Waals surface area contributed by atoms with Crippen LogP contribution in [0.1, 0.15) is 5.56 Å². The molecule has 0 fully saturated rings. The van der Waals surface area contributed by atoms with E-state index in [4.69, 9.17) is 15.1 Å². The third-order valence-electron chi connectivity index (χ3n) is 3.56. The number of rotatable bonds is 11. The van der Waals surface area contributed by atoms with Gasteiger partial charge >= 0.3 is 6.18 Å². The molecular weight excluding hydrogens is 441 g/mol. The van der Waals surface area contributed by atoms with Crippen LogP contribution >= 0.6 is 0 Å². The van der Waals surface area contributed by atoms with Crippen LogP contribution in [0.25, 0.3) is 0 Å². The van der Waals surface area contributed by atoms with Crippen molar-refractivity contribution in [3.05, 3.63) is 36.0 Å². The Kier molecular flexibility index (Phi) is 8.51. The van der Waals surface area contributed by atoms with Crippen molar-refractivity contribution in [2.24, 2.45) is 0 Å². The lowest BCUT2D eigenvalue weighted by molar-refractivity contribution is -0.115. The van der Waals surface area contributed by atoms with E-state index in [9.17, 15) is 21.6 Å². The zero-order valence-electron chi connectivity index (χ0n) is 16.0. The van der Waals surface area contributed by atoms with Gasteiger partial charge in [-0.05, 0) is 24.3 Å². The minimum Gasteiger partial charge on any atom is -0.394 e. The number of nitrogens with zero attached hydrogens (tertiary/aromatic N) is 3. The lowest BCUT2D eigenvalue weighted by Gasteiger charge is -2.12. The van der Waals surface area contributed by atoms with Crippen molar-refractivity contribution in [1.29, 1.82) is 5.26 Å². The molecule has 2 rings (SSSR count). The van der Waals surface area contributed by atoms with E-state index in [-0.39, 0.29) is 48.6 Å². The first-order valence-electron chi connectivity index (χ1n) is 8.78. The van der Waals surface area contributed by atoms with E-state index in [0.29, 0.717) is 5.69 Å². The van der Waals surface area contributed by atoms with Crippen LogP contribution in [0.4, 0.5) is 30.6 Å². The number of sulfonamides is 1. The van der Waals surface area contributed by atoms with Crippen molar-refractivity contribution < 1.29 is 31.4 Å². The van der Waals surface area contributed by atoms with Crippen molar-refractivity contribution >= 4 is 27.5 Å². The number of nitrogens with one attached hydrogen (secondary N) is 3. The van der Waals surface area contributed by atoms with Gasteiger partial charge in [-0.25, -0.2) is 18.1 Å². The standard InChI is InChI=1S/C17H19F3N6O4S/c18-17(19,20)11-23-15-12(9-21)10-22-16(26-15)25-13-1-3-14(4-2-13)31(28,29)24-5-7-30-8-6-27/h1-4,10,24,27H,5-8,11H2,(H2,22,23,25,26). The number of aromatic nitrogens is 2. The molecular formula is C17H19F3N6O4S. The Balaban J connectivity index is 2.05. The normalized spacial score (nSPS) is 11.7. The fraction of sp³-hybridized carbons (Fsp3) is 0.353. The Bertz CT molecular complexity index is 1010. The van der Waals surface area contributed by atoms with Crippen LogP contribution in [0.15, 0.2) is 35.4 Å². The van der Waals surface area contributed by atoms with E-state index in [1.54, 1.807) is 6.07 Å². The molecule has 4 N–H and O–H groups in total. The van der Waals surface area contributed by atoms with Crippen molar-refractivity contribution in [1.82, 2.24) is 14.7 Å². The summed E-state index contributed by atoms with van der Waals surface area (Å²) in [5.74, 6) is -0.373. The number of benzene rings is 1. The van der Waals surface area contributed by atoms with E-state index >= 15 is 0 Å². The summed E-state index contributed by atoms with van der Waals surface area (Å²) in [5, 5.41) is 22.3. The van der Waals surface area contributed by atoms with Crippen molar-refractivity contribution in [2.75, 3.05) is 43.5 Å². The summed E-state index contributed by atoms with van der Waals surface area (Å²) in [6.07, 6.45) is -3.43. The van der Waals surface area contributed by atoms with Gasteiger partial charge < -0.3 is 20.5 Å². The second kappa shape index (κ2) is 10.9. The Labute approximate surface area is 176 Å². The number of halogens is 3. The molecule has 1 aromatic carbocycles. The minimum atomic E-state index is -4.49. The summed E-state index contributed by atoms with van der Waals surface area (Å²) in [7, 11) is -3.78. The van der Waals surface area contributed by atoms with Crippen molar-refractivity contribution in [3.63, 3.8) is 0 Å². The monoisotopic (exact) mass is 460 g/mol. The largest absolute Gasteiger partial charge is 0.405 e. The van der Waals surface area contributed by atoms with Gasteiger partial charge in [0.2, 0.25) is 16.0 Å². The number of nitriles is 1. The fourth-order valence-corrected chi connectivity index (χ4v) is 3.20. The maximum atomic E-state index is 12.4. The molecule has 0 unspecified atom stereocenters. The zero-order chi connectivity index (χ0) is 22.9. The van der Waals surface area contributed by atoms with Gasteiger partial charge in [-0.1, -0.05) is 0 Å². The van der Waals surface area contributed by atoms with E-state index in [1.807, 2.05) is 5.32 Å². The third kappa shape index (κ3) is 7.98. The van der Waals surface area contributed by atoms with Crippen LogP contribution in [0.3, 0.4) is 0 Å². The average molecular weight is 460 g/mol. The number of aliphatic hydroxyl groups is 1. The van der Waals surface area contributed by atoms with Crippen LogP contribution in [0.2, 0.25) is 0 Å². The first-order valence-corrected chi connectivity index (χ1v) is 10.3. The molecule has 0 bridgehead atoms. The van der Waals surface area contributed by atoms with E-state index < -0.39 is 22.7 Å². The second-order valence-corrected chi connectivity index (χ2v) is 7.69. The topological polar surface area (TPSA) is 149 Å². The summed E-state index contributed by atoms with van der Waals surface area (Å²) in [6.45, 7) is -1.31. The Hall–Kier alpha value is -2.99. The smallest absolute Gasteiger partial charge is 0.394 e. The molecule has 0 spiro atoms. The molecule has 0 atom stereocenters. The maximum Gasteiger partial charge on any atom is 0.405 e. The molecule has 14 heteroatoms. The molecule has 0 saturated heterocycles. The molecule has 2 aromatic rings. The first kappa shape index (κ1) is 24.3. The molecule has 10 nitrogen and oxygen atoms in total. The number of hydrogen-bond acceptors (Lipinski definition) is 9. The summed E-state index contributed by atoms with van der Waals surface area (Å²) in [6, 6.07) is 7.16. The van der Waals surface area contributed by atoms with Crippen molar-refractivity contribution in [3.8, 4) is 6.07 Å². The highest BCUT2D eigenvalue weighted by atomic mass is 32.2. The molecule has 1 heterocycles. The SMILES string of the molecule is N#Cc1cnc(Nc2ccc(S(=O)(=O)NCCOCCO)cc2)nc1NCC(F)(F)F. The van der Waals surface area contributed by atoms with Crippen LogP contribution in [0, 0.1) is 11.3 Å². The van der Waals surface area contributed by atoms with Crippen molar-refractivity contribution in [2.45, 2.75) is 11.1 Å². The van der Waals surface area contributed by atoms with Gasteiger partial charge in [-0.15, -0.1) is 0 Å². The van der Waals surface area contributed by atoms with E-state index in [0.717, 1.165) is 6.20 Å². The van der Waals surface area contributed by atoms with Crippen LogP contribution < -0.4 is 15.4 Å². The molecule has 168 valence electrons. The third-order valence-corrected chi connectivity index (χ3v) is 5.04. The molecule has 0 aliphatic rings. The number of hydrogen-bond donors (Lipinski definition) is 4. The highest BCUT2D eigenvalue weighted by molar-refractivity contribution is 7.89. The first-order chi connectivity index (χ1) is 14.6. The fourth-order valence-electron chi connectivity index (χ4n) is 2.19. The lowest BCUT2D eigenvalue weighted by atomic mass is 10.3. The number of aliphatic hydroxyl groups excluding tert-OH is 1. The summed E-state index contributed by atoms with van der Waals surface area (Å²) in [4.78, 5) is 7.70. The molecule has 31 heavy (non-hydrogen) atoms. The molecule has 0 radical (unpaired) electrons. The van der Waals surface area contributed by atoms with E-state index in [1.165, 1.54) is 24.3 Å².